The van der Waals surface area contributed by atoms with Crippen molar-refractivity contribution in [3.05, 3.63) is 66.1 Å². The molecule has 31 heavy (non-hydrogen) atoms. The van der Waals surface area contributed by atoms with Crippen molar-refractivity contribution < 1.29 is 0 Å². The van der Waals surface area contributed by atoms with Gasteiger partial charge in [-0.05, 0) is 44.0 Å². The van der Waals surface area contributed by atoms with Gasteiger partial charge in [-0.2, -0.15) is 0 Å². The predicted octanol–water partition coefficient (Wildman–Crippen LogP) is 3.46. The lowest BCUT2D eigenvalue weighted by molar-refractivity contribution is 0.141. The van der Waals surface area contributed by atoms with E-state index < -0.39 is 0 Å². The average Bonchev–Trinajstić information content (AvgIpc) is 3.20. The van der Waals surface area contributed by atoms with Gasteiger partial charge in [-0.15, -0.1) is 34.2 Å². The van der Waals surface area contributed by atoms with E-state index in [0.29, 0.717) is 12.6 Å². The largest absolute Gasteiger partial charge is 0.357 e. The summed E-state index contributed by atoms with van der Waals surface area (Å²) in [7, 11) is 0. The number of likely N-dealkylation sites (tertiary alicyclic amines) is 1. The van der Waals surface area contributed by atoms with Crippen LogP contribution in [0.2, 0.25) is 0 Å². The van der Waals surface area contributed by atoms with Crippen molar-refractivity contribution in [2.24, 2.45) is 4.99 Å². The molecule has 1 aliphatic rings. The molecule has 0 radical (unpaired) electrons. The summed E-state index contributed by atoms with van der Waals surface area (Å²) in [6.45, 7) is 6.45. The molecule has 0 amide bonds. The number of fused-ring (bicyclic) bond motifs is 1. The number of hydrogen-bond acceptors (Lipinski definition) is 4. The Morgan fingerprint density at radius 3 is 2.74 bits per heavy atom. The monoisotopic (exact) mass is 533 g/mol. The number of aromatic nitrogens is 3. The van der Waals surface area contributed by atoms with Crippen molar-refractivity contribution in [3.8, 4) is 0 Å². The fraction of sp³-hybridized carbons (Fsp3) is 0.435. The van der Waals surface area contributed by atoms with E-state index in [4.69, 9.17) is 4.99 Å². The average molecular weight is 533 g/mol. The Kier molecular flexibility index (Phi) is 9.08. The summed E-state index contributed by atoms with van der Waals surface area (Å²) in [5, 5.41) is 15.4. The van der Waals surface area contributed by atoms with Crippen LogP contribution in [0.4, 0.5) is 0 Å². The molecule has 1 fully saturated rings. The van der Waals surface area contributed by atoms with Gasteiger partial charge < -0.3 is 10.6 Å². The zero-order valence-corrected chi connectivity index (χ0v) is 20.4. The highest BCUT2D eigenvalue weighted by atomic mass is 127. The maximum absolute atomic E-state index is 4.75. The molecule has 1 aromatic carbocycles. The van der Waals surface area contributed by atoms with Gasteiger partial charge in [0, 0.05) is 31.9 Å². The van der Waals surface area contributed by atoms with Gasteiger partial charge in [0.2, 0.25) is 0 Å². The van der Waals surface area contributed by atoms with Crippen LogP contribution in [0, 0.1) is 0 Å². The van der Waals surface area contributed by atoms with Crippen LogP contribution >= 0.6 is 24.0 Å². The number of guanidine groups is 1. The number of piperidine rings is 1. The van der Waals surface area contributed by atoms with E-state index in [-0.39, 0.29) is 24.0 Å². The van der Waals surface area contributed by atoms with Crippen LogP contribution in [0.15, 0.2) is 59.7 Å². The molecular weight excluding hydrogens is 501 g/mol. The summed E-state index contributed by atoms with van der Waals surface area (Å²) in [5.74, 6) is 1.67. The van der Waals surface area contributed by atoms with Crippen molar-refractivity contribution in [2.45, 2.75) is 45.3 Å². The van der Waals surface area contributed by atoms with Crippen LogP contribution in [0.5, 0.6) is 0 Å². The summed E-state index contributed by atoms with van der Waals surface area (Å²) in [5.41, 5.74) is 2.23. The normalized spacial score (nSPS) is 17.3. The van der Waals surface area contributed by atoms with Crippen molar-refractivity contribution in [1.29, 1.82) is 0 Å². The highest BCUT2D eigenvalue weighted by Gasteiger charge is 2.22. The smallest absolute Gasteiger partial charge is 0.191 e. The third-order valence-electron chi connectivity index (χ3n) is 5.59. The van der Waals surface area contributed by atoms with Crippen LogP contribution in [-0.4, -0.2) is 51.1 Å². The second-order valence-corrected chi connectivity index (χ2v) is 7.73. The van der Waals surface area contributed by atoms with Gasteiger partial charge in [0.25, 0.3) is 0 Å². The molecule has 3 aromatic rings. The maximum Gasteiger partial charge on any atom is 0.191 e. The second kappa shape index (κ2) is 12.0. The Morgan fingerprint density at radius 2 is 1.90 bits per heavy atom. The minimum absolute atomic E-state index is 0. The van der Waals surface area contributed by atoms with Crippen molar-refractivity contribution >= 4 is 35.6 Å². The minimum atomic E-state index is 0. The topological polar surface area (TPSA) is 69.8 Å². The quantitative estimate of drug-likeness (QED) is 0.277. The van der Waals surface area contributed by atoms with E-state index in [2.05, 4.69) is 63.0 Å². The Hall–Kier alpha value is -2.20. The predicted molar refractivity (Wildman–Crippen MR) is 136 cm³/mol. The molecule has 0 spiro atoms. The Labute approximate surface area is 201 Å². The number of rotatable bonds is 7. The van der Waals surface area contributed by atoms with E-state index in [1.807, 2.05) is 28.8 Å². The lowest BCUT2D eigenvalue weighted by Crippen LogP contribution is -2.48. The molecule has 8 heteroatoms. The molecule has 3 heterocycles. The number of nitrogens with zero attached hydrogens (tertiary/aromatic N) is 5. The van der Waals surface area contributed by atoms with Gasteiger partial charge in [0.15, 0.2) is 17.4 Å². The molecular formula is C23H32IN7. The molecule has 0 saturated carbocycles. The Morgan fingerprint density at radius 1 is 1.06 bits per heavy atom. The molecule has 1 unspecified atom stereocenters. The van der Waals surface area contributed by atoms with Crippen LogP contribution in [0.25, 0.3) is 5.65 Å². The first kappa shape index (κ1) is 23.5. The third kappa shape index (κ3) is 6.39. The summed E-state index contributed by atoms with van der Waals surface area (Å²) < 4.78 is 1.98. The first-order valence-corrected chi connectivity index (χ1v) is 10.9. The van der Waals surface area contributed by atoms with Crippen LogP contribution in [-0.2, 0) is 13.1 Å². The molecule has 1 atom stereocenters. The fourth-order valence-electron chi connectivity index (χ4n) is 4.02. The van der Waals surface area contributed by atoms with Gasteiger partial charge in [-0.3, -0.25) is 9.30 Å². The maximum atomic E-state index is 4.75. The van der Waals surface area contributed by atoms with E-state index in [0.717, 1.165) is 43.6 Å². The van der Waals surface area contributed by atoms with Gasteiger partial charge in [-0.1, -0.05) is 42.8 Å². The molecule has 7 nitrogen and oxygen atoms in total. The Balaban J connectivity index is 0.00000272. The summed E-state index contributed by atoms with van der Waals surface area (Å²) in [6.07, 6.45) is 5.76. The first-order valence-electron chi connectivity index (χ1n) is 10.9. The third-order valence-corrected chi connectivity index (χ3v) is 5.59. The van der Waals surface area contributed by atoms with Gasteiger partial charge in [0.1, 0.15) is 6.54 Å². The van der Waals surface area contributed by atoms with E-state index in [1.54, 1.807) is 0 Å². The number of pyridine rings is 1. The zero-order valence-electron chi connectivity index (χ0n) is 18.1. The van der Waals surface area contributed by atoms with Crippen LogP contribution in [0.1, 0.15) is 37.6 Å². The van der Waals surface area contributed by atoms with Crippen molar-refractivity contribution in [3.63, 3.8) is 0 Å². The number of aliphatic imine (C=N–C) groups is 1. The molecule has 0 aliphatic carbocycles. The fourth-order valence-corrected chi connectivity index (χ4v) is 4.02. The molecule has 1 saturated heterocycles. The number of benzene rings is 1. The standard InChI is InChI=1S/C23H31N7.HI/c1-2-24-23(26-17-22-28-27-21-13-7-9-15-30(21)22)25-16-20-12-6-8-14-29(20)18-19-10-4-3-5-11-19;/h3-5,7,9-11,13,15,20H,2,6,8,12,14,16-18H2,1H3,(H2,24,25,26);1H. The number of nitrogens with one attached hydrogen (secondary N) is 2. The minimum Gasteiger partial charge on any atom is -0.357 e. The van der Waals surface area contributed by atoms with E-state index in [9.17, 15) is 0 Å². The molecule has 166 valence electrons. The van der Waals surface area contributed by atoms with Crippen LogP contribution in [0.3, 0.4) is 0 Å². The molecule has 4 rings (SSSR count). The highest BCUT2D eigenvalue weighted by molar-refractivity contribution is 14.0. The second-order valence-electron chi connectivity index (χ2n) is 7.73. The van der Waals surface area contributed by atoms with Gasteiger partial charge in [-0.25, -0.2) is 4.99 Å². The number of halogens is 1. The summed E-state index contributed by atoms with van der Waals surface area (Å²) in [6, 6.07) is 17.2. The summed E-state index contributed by atoms with van der Waals surface area (Å²) >= 11 is 0. The van der Waals surface area contributed by atoms with Crippen molar-refractivity contribution in [1.82, 2.24) is 30.1 Å². The molecule has 2 N–H and O–H groups in total. The SMILES string of the molecule is CCNC(=NCc1nnc2ccccn12)NCC1CCCCN1Cc1ccccc1.I. The molecule has 1 aliphatic heterocycles. The highest BCUT2D eigenvalue weighted by Crippen LogP contribution is 2.19. The van der Waals surface area contributed by atoms with Crippen LogP contribution < -0.4 is 10.6 Å². The number of hydrogen-bond donors (Lipinski definition) is 2. The van der Waals surface area contributed by atoms with Gasteiger partial charge >= 0.3 is 0 Å². The van der Waals surface area contributed by atoms with E-state index in [1.165, 1.54) is 24.8 Å². The molecule has 0 bridgehead atoms. The first-order chi connectivity index (χ1) is 14.8. The van der Waals surface area contributed by atoms with Crippen molar-refractivity contribution in [2.75, 3.05) is 19.6 Å². The van der Waals surface area contributed by atoms with E-state index >= 15 is 0 Å². The zero-order chi connectivity index (χ0) is 20.6. The Bertz CT molecular complexity index is 957. The molecule has 2 aromatic heterocycles. The summed E-state index contributed by atoms with van der Waals surface area (Å²) in [4.78, 5) is 7.35. The van der Waals surface area contributed by atoms with Gasteiger partial charge in [0.05, 0.1) is 0 Å². The lowest BCUT2D eigenvalue weighted by Gasteiger charge is -2.36. The lowest BCUT2D eigenvalue weighted by atomic mass is 10.0.